The van der Waals surface area contributed by atoms with E-state index in [1.165, 1.54) is 0 Å². The summed E-state index contributed by atoms with van der Waals surface area (Å²) in [7, 11) is 0. The van der Waals surface area contributed by atoms with Gasteiger partial charge in [-0.15, -0.1) is 0 Å². The van der Waals surface area contributed by atoms with Gasteiger partial charge in [-0.25, -0.2) is 0 Å². The van der Waals surface area contributed by atoms with Crippen molar-refractivity contribution in [3.8, 4) is 0 Å². The maximum atomic E-state index is 6.05. The molecule has 0 saturated heterocycles. The zero-order valence-corrected chi connectivity index (χ0v) is 10.6. The minimum absolute atomic E-state index is 0.813. The van der Waals surface area contributed by atoms with Crippen LogP contribution in [0, 0.1) is 0 Å². The van der Waals surface area contributed by atoms with Crippen molar-refractivity contribution < 1.29 is 4.74 Å². The molecule has 0 spiro atoms. The van der Waals surface area contributed by atoms with E-state index in [4.69, 9.17) is 16.3 Å². The molecule has 90 valence electrons. The Labute approximate surface area is 103 Å². The Morgan fingerprint density at radius 1 is 1.25 bits per heavy atom. The third-order valence-electron chi connectivity index (χ3n) is 2.37. The number of hydrogen-bond donors (Lipinski definition) is 1. The lowest BCUT2D eigenvalue weighted by Gasteiger charge is -2.06. The summed E-state index contributed by atoms with van der Waals surface area (Å²) in [6, 6.07) is 7.94. The Morgan fingerprint density at radius 2 is 2.06 bits per heavy atom. The molecule has 0 radical (unpaired) electrons. The van der Waals surface area contributed by atoms with Crippen molar-refractivity contribution >= 4 is 11.6 Å². The van der Waals surface area contributed by atoms with E-state index in [0.717, 1.165) is 49.7 Å². The molecule has 0 atom stereocenters. The Kier molecular flexibility index (Phi) is 7.23. The van der Waals surface area contributed by atoms with Gasteiger partial charge in [0.25, 0.3) is 0 Å². The largest absolute Gasteiger partial charge is 0.382 e. The first-order chi connectivity index (χ1) is 7.84. The average Bonchev–Trinajstić information content (AvgIpc) is 2.30. The van der Waals surface area contributed by atoms with Crippen LogP contribution in [-0.2, 0) is 11.3 Å². The highest BCUT2D eigenvalue weighted by atomic mass is 35.5. The third-order valence-corrected chi connectivity index (χ3v) is 2.74. The van der Waals surface area contributed by atoms with Crippen LogP contribution in [0.3, 0.4) is 0 Å². The molecule has 1 aromatic carbocycles. The summed E-state index contributed by atoms with van der Waals surface area (Å²) in [5, 5.41) is 4.22. The van der Waals surface area contributed by atoms with Crippen molar-refractivity contribution in [2.45, 2.75) is 26.3 Å². The van der Waals surface area contributed by atoms with Crippen molar-refractivity contribution in [2.75, 3.05) is 19.8 Å². The summed E-state index contributed by atoms with van der Waals surface area (Å²) in [6.45, 7) is 5.56. The van der Waals surface area contributed by atoms with E-state index in [-0.39, 0.29) is 0 Å². The van der Waals surface area contributed by atoms with E-state index in [1.807, 2.05) is 25.1 Å². The van der Waals surface area contributed by atoms with Gasteiger partial charge in [-0.05, 0) is 37.9 Å². The second-order valence-electron chi connectivity index (χ2n) is 3.67. The van der Waals surface area contributed by atoms with Gasteiger partial charge < -0.3 is 10.1 Å². The second-order valence-corrected chi connectivity index (χ2v) is 4.08. The van der Waals surface area contributed by atoms with Crippen LogP contribution in [0.4, 0.5) is 0 Å². The number of unbranched alkanes of at least 4 members (excludes halogenated alkanes) is 1. The molecule has 0 heterocycles. The van der Waals surface area contributed by atoms with Gasteiger partial charge in [0.05, 0.1) is 0 Å². The Hall–Kier alpha value is -0.570. The van der Waals surface area contributed by atoms with E-state index in [9.17, 15) is 0 Å². The highest BCUT2D eigenvalue weighted by Crippen LogP contribution is 2.14. The molecule has 0 bridgehead atoms. The van der Waals surface area contributed by atoms with Gasteiger partial charge in [0.1, 0.15) is 0 Å². The van der Waals surface area contributed by atoms with E-state index >= 15 is 0 Å². The Balaban J connectivity index is 2.05. The molecular formula is C13H20ClNO. The monoisotopic (exact) mass is 241 g/mol. The normalized spacial score (nSPS) is 10.6. The number of benzene rings is 1. The highest BCUT2D eigenvalue weighted by molar-refractivity contribution is 6.31. The lowest BCUT2D eigenvalue weighted by Crippen LogP contribution is -2.15. The Bertz CT molecular complexity index is 291. The van der Waals surface area contributed by atoms with Crippen LogP contribution in [-0.4, -0.2) is 19.8 Å². The molecule has 0 aliphatic carbocycles. The molecule has 1 aromatic rings. The summed E-state index contributed by atoms with van der Waals surface area (Å²) in [4.78, 5) is 0. The van der Waals surface area contributed by atoms with Crippen LogP contribution in [0.15, 0.2) is 24.3 Å². The molecule has 3 heteroatoms. The first kappa shape index (κ1) is 13.5. The van der Waals surface area contributed by atoms with E-state index in [2.05, 4.69) is 11.4 Å². The quantitative estimate of drug-likeness (QED) is 0.706. The zero-order chi connectivity index (χ0) is 11.6. The molecule has 0 unspecified atom stereocenters. The van der Waals surface area contributed by atoms with Crippen LogP contribution >= 0.6 is 11.6 Å². The molecule has 0 fully saturated rings. The molecular weight excluding hydrogens is 222 g/mol. The highest BCUT2D eigenvalue weighted by Gasteiger charge is 1.97. The summed E-state index contributed by atoms with van der Waals surface area (Å²) >= 11 is 6.05. The molecule has 0 saturated carbocycles. The molecule has 0 aromatic heterocycles. The second kappa shape index (κ2) is 8.57. The summed E-state index contributed by atoms with van der Waals surface area (Å²) in [6.07, 6.45) is 2.26. The van der Waals surface area contributed by atoms with Gasteiger partial charge in [0.15, 0.2) is 0 Å². The fourth-order valence-electron chi connectivity index (χ4n) is 1.46. The van der Waals surface area contributed by atoms with Gasteiger partial charge in [-0.3, -0.25) is 0 Å². The van der Waals surface area contributed by atoms with Gasteiger partial charge in [-0.2, -0.15) is 0 Å². The fourth-order valence-corrected chi connectivity index (χ4v) is 1.67. The molecule has 0 amide bonds. The van der Waals surface area contributed by atoms with Crippen molar-refractivity contribution in [1.29, 1.82) is 0 Å². The van der Waals surface area contributed by atoms with Gasteiger partial charge in [-0.1, -0.05) is 29.8 Å². The molecule has 0 aliphatic rings. The van der Waals surface area contributed by atoms with Gasteiger partial charge in [0, 0.05) is 24.8 Å². The van der Waals surface area contributed by atoms with Crippen molar-refractivity contribution in [1.82, 2.24) is 5.32 Å². The lowest BCUT2D eigenvalue weighted by atomic mass is 10.2. The molecule has 16 heavy (non-hydrogen) atoms. The maximum Gasteiger partial charge on any atom is 0.0466 e. The first-order valence-corrected chi connectivity index (χ1v) is 6.24. The van der Waals surface area contributed by atoms with E-state index in [1.54, 1.807) is 0 Å². The van der Waals surface area contributed by atoms with Crippen LogP contribution in [0.25, 0.3) is 0 Å². The smallest absolute Gasteiger partial charge is 0.0466 e. The number of ether oxygens (including phenoxy) is 1. The van der Waals surface area contributed by atoms with Crippen LogP contribution in [0.5, 0.6) is 0 Å². The molecule has 1 rings (SSSR count). The minimum atomic E-state index is 0.813. The standard InChI is InChI=1S/C13H20ClNO/c1-2-16-10-6-5-9-15-11-12-7-3-4-8-13(12)14/h3-4,7-8,15H,2,5-6,9-11H2,1H3. The minimum Gasteiger partial charge on any atom is -0.382 e. The molecule has 2 nitrogen and oxygen atoms in total. The Morgan fingerprint density at radius 3 is 2.81 bits per heavy atom. The molecule has 0 aliphatic heterocycles. The van der Waals surface area contributed by atoms with Crippen molar-refractivity contribution in [2.24, 2.45) is 0 Å². The fraction of sp³-hybridized carbons (Fsp3) is 0.538. The van der Waals surface area contributed by atoms with Crippen molar-refractivity contribution in [3.05, 3.63) is 34.9 Å². The lowest BCUT2D eigenvalue weighted by molar-refractivity contribution is 0.143. The van der Waals surface area contributed by atoms with Gasteiger partial charge in [0.2, 0.25) is 0 Å². The number of halogens is 1. The summed E-state index contributed by atoms with van der Waals surface area (Å²) < 4.78 is 5.27. The topological polar surface area (TPSA) is 21.3 Å². The SMILES string of the molecule is CCOCCCCNCc1ccccc1Cl. The average molecular weight is 242 g/mol. The third kappa shape index (κ3) is 5.50. The van der Waals surface area contributed by atoms with Gasteiger partial charge >= 0.3 is 0 Å². The predicted octanol–water partition coefficient (Wildman–Crippen LogP) is 3.25. The van der Waals surface area contributed by atoms with Crippen molar-refractivity contribution in [3.63, 3.8) is 0 Å². The number of nitrogens with one attached hydrogen (secondary N) is 1. The van der Waals surface area contributed by atoms with Crippen LogP contribution in [0.2, 0.25) is 5.02 Å². The molecule has 1 N–H and O–H groups in total. The van der Waals surface area contributed by atoms with E-state index in [0.29, 0.717) is 0 Å². The predicted molar refractivity (Wildman–Crippen MR) is 68.9 cm³/mol. The van der Waals surface area contributed by atoms with Crippen LogP contribution < -0.4 is 5.32 Å². The zero-order valence-electron chi connectivity index (χ0n) is 9.84. The summed E-state index contributed by atoms with van der Waals surface area (Å²) in [5.41, 5.74) is 1.16. The number of hydrogen-bond acceptors (Lipinski definition) is 2. The maximum absolute atomic E-state index is 6.05. The van der Waals surface area contributed by atoms with E-state index < -0.39 is 0 Å². The number of rotatable bonds is 8. The van der Waals surface area contributed by atoms with Crippen LogP contribution in [0.1, 0.15) is 25.3 Å². The summed E-state index contributed by atoms with van der Waals surface area (Å²) in [5.74, 6) is 0. The first-order valence-electron chi connectivity index (χ1n) is 5.86.